The predicted molar refractivity (Wildman–Crippen MR) is 90.6 cm³/mol. The molecule has 5 nitrogen and oxygen atoms in total. The minimum absolute atomic E-state index is 0.0142. The van der Waals surface area contributed by atoms with E-state index >= 15 is 0 Å². The molecule has 3 rings (SSSR count). The highest BCUT2D eigenvalue weighted by molar-refractivity contribution is 5.94. The second-order valence-electron chi connectivity index (χ2n) is 5.71. The summed E-state index contributed by atoms with van der Waals surface area (Å²) >= 11 is 0. The van der Waals surface area contributed by atoms with E-state index in [0.717, 1.165) is 11.1 Å². The van der Waals surface area contributed by atoms with Gasteiger partial charge >= 0.3 is 0 Å². The number of benzene rings is 2. The van der Waals surface area contributed by atoms with Crippen molar-refractivity contribution in [3.63, 3.8) is 0 Å². The summed E-state index contributed by atoms with van der Waals surface area (Å²) in [4.78, 5) is 26.1. The summed E-state index contributed by atoms with van der Waals surface area (Å²) in [6.45, 7) is 3.42. The van der Waals surface area contributed by atoms with E-state index in [1.54, 1.807) is 23.1 Å². The van der Waals surface area contributed by atoms with Crippen molar-refractivity contribution in [2.45, 2.75) is 20.0 Å². The number of fused-ring (bicyclic) bond motifs is 1. The first kappa shape index (κ1) is 16.1. The summed E-state index contributed by atoms with van der Waals surface area (Å²) in [5, 5.41) is 2.78. The number of nitrogens with one attached hydrogen (secondary N) is 1. The standard InChI is InChI=1S/C19H20N2O3/c1-2-20-19(23)15-8-9-17-16(10-15)12-21(18(22)13-24-17)11-14-6-4-3-5-7-14/h3-10H,2,11-13H2,1H3,(H,20,23). The second-order valence-corrected chi connectivity index (χ2v) is 5.71. The Labute approximate surface area is 141 Å². The van der Waals surface area contributed by atoms with Gasteiger partial charge in [0.1, 0.15) is 5.75 Å². The molecule has 2 amide bonds. The molecule has 0 saturated heterocycles. The Bertz CT molecular complexity index is 744. The van der Waals surface area contributed by atoms with Gasteiger partial charge < -0.3 is 15.0 Å². The van der Waals surface area contributed by atoms with E-state index in [0.29, 0.717) is 30.9 Å². The van der Waals surface area contributed by atoms with Crippen molar-refractivity contribution in [2.24, 2.45) is 0 Å². The maximum absolute atomic E-state index is 12.3. The van der Waals surface area contributed by atoms with Crippen molar-refractivity contribution in [2.75, 3.05) is 13.2 Å². The number of nitrogens with zero attached hydrogens (tertiary/aromatic N) is 1. The Morgan fingerprint density at radius 2 is 2.00 bits per heavy atom. The zero-order chi connectivity index (χ0) is 16.9. The number of rotatable bonds is 4. The van der Waals surface area contributed by atoms with Crippen molar-refractivity contribution >= 4 is 11.8 Å². The molecule has 1 aliphatic rings. The maximum atomic E-state index is 12.3. The molecule has 0 aliphatic carbocycles. The minimum Gasteiger partial charge on any atom is -0.483 e. The molecular weight excluding hydrogens is 304 g/mol. The lowest BCUT2D eigenvalue weighted by atomic mass is 10.1. The van der Waals surface area contributed by atoms with Gasteiger partial charge in [0.05, 0.1) is 0 Å². The summed E-state index contributed by atoms with van der Waals surface area (Å²) in [5.41, 5.74) is 2.49. The molecule has 0 radical (unpaired) electrons. The summed E-state index contributed by atoms with van der Waals surface area (Å²) < 4.78 is 5.60. The summed E-state index contributed by atoms with van der Waals surface area (Å²) in [5.74, 6) is 0.479. The fraction of sp³-hybridized carbons (Fsp3) is 0.263. The Kier molecular flexibility index (Phi) is 4.79. The van der Waals surface area contributed by atoms with Crippen molar-refractivity contribution in [3.05, 3.63) is 65.2 Å². The number of amides is 2. The number of hydrogen-bond donors (Lipinski definition) is 1. The molecule has 5 heteroatoms. The van der Waals surface area contributed by atoms with E-state index in [2.05, 4.69) is 5.32 Å². The molecule has 1 N–H and O–H groups in total. The predicted octanol–water partition coefficient (Wildman–Crippen LogP) is 2.36. The third-order valence-electron chi connectivity index (χ3n) is 3.94. The van der Waals surface area contributed by atoms with Crippen molar-refractivity contribution in [1.82, 2.24) is 10.2 Å². The summed E-state index contributed by atoms with van der Waals surface area (Å²) in [6.07, 6.45) is 0. The maximum Gasteiger partial charge on any atom is 0.261 e. The average Bonchev–Trinajstić information content (AvgIpc) is 2.75. The van der Waals surface area contributed by atoms with E-state index in [1.165, 1.54) is 0 Å². The van der Waals surface area contributed by atoms with Crippen LogP contribution in [0, 0.1) is 0 Å². The average molecular weight is 324 g/mol. The van der Waals surface area contributed by atoms with Crippen LogP contribution in [-0.2, 0) is 17.9 Å². The van der Waals surface area contributed by atoms with Gasteiger partial charge in [-0.2, -0.15) is 0 Å². The lowest BCUT2D eigenvalue weighted by Gasteiger charge is -2.20. The third kappa shape index (κ3) is 3.56. The lowest BCUT2D eigenvalue weighted by molar-refractivity contribution is -0.133. The van der Waals surface area contributed by atoms with Gasteiger partial charge in [0.15, 0.2) is 6.61 Å². The number of carbonyl (C=O) groups is 2. The number of hydrogen-bond acceptors (Lipinski definition) is 3. The Balaban J connectivity index is 1.84. The highest BCUT2D eigenvalue weighted by Gasteiger charge is 2.22. The number of ether oxygens (including phenoxy) is 1. The Morgan fingerprint density at radius 3 is 2.75 bits per heavy atom. The van der Waals surface area contributed by atoms with Crippen molar-refractivity contribution < 1.29 is 14.3 Å². The van der Waals surface area contributed by atoms with E-state index in [4.69, 9.17) is 4.74 Å². The molecule has 1 heterocycles. The third-order valence-corrected chi connectivity index (χ3v) is 3.94. The second kappa shape index (κ2) is 7.17. The highest BCUT2D eigenvalue weighted by atomic mass is 16.5. The molecule has 0 saturated carbocycles. The van der Waals surface area contributed by atoms with Gasteiger partial charge in [0.2, 0.25) is 0 Å². The monoisotopic (exact) mass is 324 g/mol. The zero-order valence-electron chi connectivity index (χ0n) is 13.6. The first-order chi connectivity index (χ1) is 11.7. The Hall–Kier alpha value is -2.82. The van der Waals surface area contributed by atoms with E-state index in [9.17, 15) is 9.59 Å². The smallest absolute Gasteiger partial charge is 0.261 e. The first-order valence-corrected chi connectivity index (χ1v) is 8.03. The van der Waals surface area contributed by atoms with Gasteiger partial charge in [0.25, 0.3) is 11.8 Å². The van der Waals surface area contributed by atoms with E-state index in [1.807, 2.05) is 37.3 Å². The molecule has 0 bridgehead atoms. The first-order valence-electron chi connectivity index (χ1n) is 8.03. The molecule has 0 atom stereocenters. The minimum atomic E-state index is -0.120. The normalized spacial score (nSPS) is 13.7. The Morgan fingerprint density at radius 1 is 1.21 bits per heavy atom. The molecule has 2 aromatic carbocycles. The molecule has 0 fully saturated rings. The van der Waals surface area contributed by atoms with Crippen molar-refractivity contribution in [3.8, 4) is 5.75 Å². The van der Waals surface area contributed by atoms with Gasteiger partial charge in [-0.25, -0.2) is 0 Å². The SMILES string of the molecule is CCNC(=O)c1ccc2c(c1)CN(Cc1ccccc1)C(=O)CO2. The lowest BCUT2D eigenvalue weighted by Crippen LogP contribution is -2.31. The molecule has 1 aliphatic heterocycles. The van der Waals surface area contributed by atoms with Gasteiger partial charge in [-0.1, -0.05) is 30.3 Å². The quantitative estimate of drug-likeness (QED) is 0.939. The zero-order valence-corrected chi connectivity index (χ0v) is 13.6. The van der Waals surface area contributed by atoms with E-state index < -0.39 is 0 Å². The molecule has 2 aromatic rings. The van der Waals surface area contributed by atoms with Crippen LogP contribution in [0.2, 0.25) is 0 Å². The molecule has 0 unspecified atom stereocenters. The van der Waals surface area contributed by atoms with E-state index in [-0.39, 0.29) is 18.4 Å². The van der Waals surface area contributed by atoms with Crippen LogP contribution < -0.4 is 10.1 Å². The summed E-state index contributed by atoms with van der Waals surface area (Å²) in [7, 11) is 0. The number of carbonyl (C=O) groups excluding carboxylic acids is 2. The fourth-order valence-corrected chi connectivity index (χ4v) is 2.72. The van der Waals surface area contributed by atoms with Crippen LogP contribution in [0.1, 0.15) is 28.4 Å². The molecule has 24 heavy (non-hydrogen) atoms. The largest absolute Gasteiger partial charge is 0.483 e. The van der Waals surface area contributed by atoms with Gasteiger partial charge in [-0.3, -0.25) is 9.59 Å². The fourth-order valence-electron chi connectivity index (χ4n) is 2.72. The van der Waals surface area contributed by atoms with Gasteiger partial charge in [-0.15, -0.1) is 0 Å². The molecule has 124 valence electrons. The van der Waals surface area contributed by atoms with Crippen LogP contribution >= 0.6 is 0 Å². The van der Waals surface area contributed by atoms with Crippen LogP contribution in [-0.4, -0.2) is 29.9 Å². The van der Waals surface area contributed by atoms with Gasteiger partial charge in [0, 0.05) is 30.8 Å². The van der Waals surface area contributed by atoms with Crippen LogP contribution in [0.3, 0.4) is 0 Å². The van der Waals surface area contributed by atoms with Crippen LogP contribution in [0.25, 0.3) is 0 Å². The van der Waals surface area contributed by atoms with Gasteiger partial charge in [-0.05, 0) is 30.7 Å². The van der Waals surface area contributed by atoms with Crippen LogP contribution in [0.4, 0.5) is 0 Å². The molecule has 0 spiro atoms. The topological polar surface area (TPSA) is 58.6 Å². The van der Waals surface area contributed by atoms with Crippen LogP contribution in [0.15, 0.2) is 48.5 Å². The highest BCUT2D eigenvalue weighted by Crippen LogP contribution is 2.25. The summed E-state index contributed by atoms with van der Waals surface area (Å²) in [6, 6.07) is 15.1. The van der Waals surface area contributed by atoms with Crippen LogP contribution in [0.5, 0.6) is 5.75 Å². The van der Waals surface area contributed by atoms with Crippen molar-refractivity contribution in [1.29, 1.82) is 0 Å². The molecule has 0 aromatic heterocycles. The molecular formula is C19H20N2O3.